The molecule has 0 heterocycles. The molecule has 9 heteroatoms. The number of esters is 4. The smallest absolute Gasteiger partial charge is 0.331 e. The summed E-state index contributed by atoms with van der Waals surface area (Å²) in [5.41, 5.74) is -2.97. The molecule has 0 saturated heterocycles. The molecule has 4 fully saturated rings. The molecule has 0 aliphatic heterocycles. The van der Waals surface area contributed by atoms with Crippen LogP contribution in [0.1, 0.15) is 73.3 Å². The third-order valence-corrected chi connectivity index (χ3v) is 11.4. The molecule has 1 aromatic carbocycles. The van der Waals surface area contributed by atoms with Crippen LogP contribution in [0.2, 0.25) is 0 Å². The van der Waals surface area contributed by atoms with Gasteiger partial charge < -0.3 is 18.9 Å². The molecule has 1 aromatic rings. The van der Waals surface area contributed by atoms with Crippen molar-refractivity contribution in [3.8, 4) is 0 Å². The van der Waals surface area contributed by atoms with E-state index in [0.717, 1.165) is 5.56 Å². The fourth-order valence-corrected chi connectivity index (χ4v) is 10.2. The lowest BCUT2D eigenvalue weighted by molar-refractivity contribution is -0.194. The van der Waals surface area contributed by atoms with Crippen molar-refractivity contribution in [2.75, 3.05) is 0 Å². The second-order valence-corrected chi connectivity index (χ2v) is 13.6. The average molecular weight is 607 g/mol. The van der Waals surface area contributed by atoms with Gasteiger partial charge in [-0.15, -0.1) is 0 Å². The summed E-state index contributed by atoms with van der Waals surface area (Å²) < 4.78 is 24.5. The Kier molecular flexibility index (Phi) is 7.70. The molecule has 0 N–H and O–H groups in total. The molecule has 5 rings (SSSR count). The molecule has 44 heavy (non-hydrogen) atoms. The third kappa shape index (κ3) is 4.07. The molecule has 236 valence electrons. The normalized spacial score (nSPS) is 38.4. The summed E-state index contributed by atoms with van der Waals surface area (Å²) in [6, 6.07) is 9.34. The predicted octanol–water partition coefficient (Wildman–Crippen LogP) is 5.01. The maximum absolute atomic E-state index is 13.9. The van der Waals surface area contributed by atoms with E-state index in [1.165, 1.54) is 26.8 Å². The van der Waals surface area contributed by atoms with Gasteiger partial charge in [-0.2, -0.15) is 0 Å². The van der Waals surface area contributed by atoms with Crippen LogP contribution in [0, 0.1) is 33.5 Å². The van der Waals surface area contributed by atoms with Crippen molar-refractivity contribution < 1.29 is 42.9 Å². The zero-order chi connectivity index (χ0) is 32.4. The van der Waals surface area contributed by atoms with Gasteiger partial charge in [0.15, 0.2) is 0 Å². The maximum Gasteiger partial charge on any atom is 0.331 e. The van der Waals surface area contributed by atoms with E-state index in [4.69, 9.17) is 18.9 Å². The van der Waals surface area contributed by atoms with E-state index in [9.17, 15) is 24.0 Å². The molecule has 4 aliphatic carbocycles. The van der Waals surface area contributed by atoms with Crippen LogP contribution in [0.15, 0.2) is 48.6 Å². The highest BCUT2D eigenvalue weighted by molar-refractivity contribution is 5.88. The molecule has 9 atom stereocenters. The first kappa shape index (κ1) is 31.7. The van der Waals surface area contributed by atoms with Crippen molar-refractivity contribution in [2.45, 2.75) is 92.1 Å². The third-order valence-electron chi connectivity index (χ3n) is 11.4. The molecule has 0 amide bonds. The first-order chi connectivity index (χ1) is 20.6. The van der Waals surface area contributed by atoms with Crippen LogP contribution < -0.4 is 0 Å². The Bertz CT molecular complexity index is 1440. The van der Waals surface area contributed by atoms with Gasteiger partial charge in [-0.25, -0.2) is 4.79 Å². The Morgan fingerprint density at radius 1 is 0.864 bits per heavy atom. The highest BCUT2D eigenvalue weighted by Gasteiger charge is 2.92. The summed E-state index contributed by atoms with van der Waals surface area (Å²) in [6.07, 6.45) is 0.113. The number of ether oxygens (including phenoxy) is 4. The Labute approximate surface area is 258 Å². The van der Waals surface area contributed by atoms with Gasteiger partial charge in [-0.1, -0.05) is 64.6 Å². The lowest BCUT2D eigenvalue weighted by atomic mass is 9.42. The van der Waals surface area contributed by atoms with E-state index in [1.54, 1.807) is 6.08 Å². The number of carbonyl (C=O) groups is 5. The van der Waals surface area contributed by atoms with Gasteiger partial charge in [0.25, 0.3) is 0 Å². The predicted molar refractivity (Wildman–Crippen MR) is 159 cm³/mol. The molecule has 4 saturated carbocycles. The highest BCUT2D eigenvalue weighted by Crippen LogP contribution is 2.86. The van der Waals surface area contributed by atoms with Crippen molar-refractivity contribution in [2.24, 2.45) is 33.5 Å². The number of rotatable bonds is 6. The van der Waals surface area contributed by atoms with Gasteiger partial charge in [-0.3, -0.25) is 19.2 Å². The van der Waals surface area contributed by atoms with Crippen LogP contribution in [0.25, 0.3) is 6.08 Å². The molecular formula is C35H42O9. The SMILES string of the molecule is C=C1[C@@H](OC(=O)/C=C/c2ccccc2)CC[C@@]2(C)[C@@H](OC(C)=O)[C@H](OC(C)=O)C34C(C)C(=O)C[C@@H]([C@@H](OC(C)=O)[C@]132)C4(C)C. The Balaban J connectivity index is 1.73. The van der Waals surface area contributed by atoms with Crippen molar-refractivity contribution in [1.82, 2.24) is 0 Å². The monoisotopic (exact) mass is 606 g/mol. The Morgan fingerprint density at radius 2 is 1.43 bits per heavy atom. The van der Waals surface area contributed by atoms with Gasteiger partial charge in [0.05, 0.1) is 5.41 Å². The van der Waals surface area contributed by atoms with E-state index >= 15 is 0 Å². The Morgan fingerprint density at radius 3 is 2.02 bits per heavy atom. The minimum atomic E-state index is -1.27. The van der Waals surface area contributed by atoms with E-state index in [-0.39, 0.29) is 12.2 Å². The molecule has 9 nitrogen and oxygen atoms in total. The zero-order valence-electron chi connectivity index (χ0n) is 26.5. The van der Waals surface area contributed by atoms with Gasteiger partial charge >= 0.3 is 23.9 Å². The first-order valence-corrected chi connectivity index (χ1v) is 15.2. The number of benzene rings is 1. The summed E-state index contributed by atoms with van der Waals surface area (Å²) in [6.45, 7) is 16.2. The second-order valence-electron chi connectivity index (χ2n) is 13.6. The molecular weight excluding hydrogens is 564 g/mol. The van der Waals surface area contributed by atoms with E-state index in [0.29, 0.717) is 18.4 Å². The molecule has 2 unspecified atom stereocenters. The van der Waals surface area contributed by atoms with Gasteiger partial charge in [0, 0.05) is 55.9 Å². The van der Waals surface area contributed by atoms with Gasteiger partial charge in [0.1, 0.15) is 30.2 Å². The quantitative estimate of drug-likeness (QED) is 0.190. The van der Waals surface area contributed by atoms with E-state index < -0.39 is 81.8 Å². The number of fused-ring (bicyclic) bond motifs is 1. The van der Waals surface area contributed by atoms with Crippen LogP contribution in [0.3, 0.4) is 0 Å². The van der Waals surface area contributed by atoms with Crippen LogP contribution in [0.4, 0.5) is 0 Å². The largest absolute Gasteiger partial charge is 0.461 e. The van der Waals surface area contributed by atoms with Crippen LogP contribution in [-0.4, -0.2) is 54.1 Å². The summed E-state index contributed by atoms with van der Waals surface area (Å²) in [5.74, 6) is -3.51. The molecule has 2 spiro atoms. The maximum atomic E-state index is 13.9. The highest BCUT2D eigenvalue weighted by atomic mass is 16.6. The van der Waals surface area contributed by atoms with Crippen molar-refractivity contribution in [3.63, 3.8) is 0 Å². The van der Waals surface area contributed by atoms with Crippen LogP contribution in [-0.2, 0) is 42.9 Å². The fraction of sp³-hybridized carbons (Fsp3) is 0.571. The standard InChI is InChI=1S/C35H42O9/c1-19-26(39)18-25-29(41-21(3)36)35-20(2)27(44-28(40)15-14-24-12-10-9-11-13-24)16-17-33(35,8)30(42-22(4)37)31(43-23(5)38)34(19,35)32(25,6)7/h9-15,19,25,27,29-31H,2,16-18H2,1,3-8H3/b15-14+/t19?,25-,27-,29+,30-,31-,33-,34?,35-/m0/s1. The minimum Gasteiger partial charge on any atom is -0.461 e. The van der Waals surface area contributed by atoms with Crippen LogP contribution in [0.5, 0.6) is 0 Å². The average Bonchev–Trinajstić information content (AvgIpc) is 3.18. The summed E-state index contributed by atoms with van der Waals surface area (Å²) in [4.78, 5) is 65.4. The summed E-state index contributed by atoms with van der Waals surface area (Å²) in [5, 5.41) is 0. The number of hydrogen-bond donors (Lipinski definition) is 0. The molecule has 4 aliphatic rings. The summed E-state index contributed by atoms with van der Waals surface area (Å²) >= 11 is 0. The van der Waals surface area contributed by atoms with Gasteiger partial charge in [0.2, 0.25) is 0 Å². The second kappa shape index (κ2) is 10.7. The van der Waals surface area contributed by atoms with Crippen molar-refractivity contribution >= 4 is 35.7 Å². The van der Waals surface area contributed by atoms with Crippen molar-refractivity contribution in [1.29, 1.82) is 0 Å². The molecule has 0 radical (unpaired) electrons. The van der Waals surface area contributed by atoms with E-state index in [2.05, 4.69) is 6.58 Å². The van der Waals surface area contributed by atoms with Crippen molar-refractivity contribution in [3.05, 3.63) is 54.1 Å². The summed E-state index contributed by atoms with van der Waals surface area (Å²) in [7, 11) is 0. The Hall–Kier alpha value is -3.75. The fourth-order valence-electron chi connectivity index (χ4n) is 10.2. The number of hydrogen-bond acceptors (Lipinski definition) is 9. The topological polar surface area (TPSA) is 122 Å². The lowest BCUT2D eigenvalue weighted by Gasteiger charge is -2.60. The lowest BCUT2D eigenvalue weighted by Crippen LogP contribution is -2.63. The van der Waals surface area contributed by atoms with Crippen LogP contribution >= 0.6 is 0 Å². The zero-order valence-corrected chi connectivity index (χ0v) is 26.5. The van der Waals surface area contributed by atoms with E-state index in [1.807, 2.05) is 58.0 Å². The molecule has 2 bridgehead atoms. The molecule has 0 aromatic heterocycles. The van der Waals surface area contributed by atoms with Gasteiger partial charge in [-0.05, 0) is 35.5 Å². The first-order valence-electron chi connectivity index (χ1n) is 15.2. The minimum absolute atomic E-state index is 0.0657. The number of Topliss-reactive ketones (excluding diaryl/α,β-unsaturated/α-hetero) is 1. The number of ketones is 1. The number of carbonyl (C=O) groups excluding carboxylic acids is 5.